The van der Waals surface area contributed by atoms with E-state index in [4.69, 9.17) is 0 Å². The van der Waals surface area contributed by atoms with E-state index in [1.54, 1.807) is 11.1 Å². The second-order valence-corrected chi connectivity index (χ2v) is 4.81. The molecule has 0 saturated carbocycles. The standard InChI is InChI=1S/C14H19N2/c1-2-6-13-12(4-1)5-3-7-14(13)16-10-8-15-9-11-16/h1-2,4,6,14H,3,5,7-11H2. The van der Waals surface area contributed by atoms with E-state index in [1.165, 1.54) is 19.3 Å². The second-order valence-electron chi connectivity index (χ2n) is 4.81. The van der Waals surface area contributed by atoms with Gasteiger partial charge in [0.2, 0.25) is 0 Å². The van der Waals surface area contributed by atoms with Crippen LogP contribution < -0.4 is 5.32 Å². The largest absolute Gasteiger partial charge is 0.294 e. The van der Waals surface area contributed by atoms with E-state index in [9.17, 15) is 0 Å². The maximum absolute atomic E-state index is 4.44. The zero-order chi connectivity index (χ0) is 10.8. The number of benzene rings is 1. The molecular weight excluding hydrogens is 196 g/mol. The van der Waals surface area contributed by atoms with Crippen LogP contribution in [0.25, 0.3) is 0 Å². The molecule has 1 aromatic rings. The number of hydrogen-bond acceptors (Lipinski definition) is 1. The van der Waals surface area contributed by atoms with Crippen LogP contribution in [0.1, 0.15) is 30.0 Å². The molecule has 0 N–H and O–H groups in total. The van der Waals surface area contributed by atoms with Crippen molar-refractivity contribution in [3.05, 3.63) is 35.4 Å². The summed E-state index contributed by atoms with van der Waals surface area (Å²) in [5.74, 6) is 0. The van der Waals surface area contributed by atoms with Gasteiger partial charge in [-0.15, -0.1) is 0 Å². The Balaban J connectivity index is 1.86. The van der Waals surface area contributed by atoms with Crippen LogP contribution in [0.5, 0.6) is 0 Å². The van der Waals surface area contributed by atoms with E-state index in [2.05, 4.69) is 34.5 Å². The lowest BCUT2D eigenvalue weighted by atomic mass is 9.86. The molecule has 1 unspecified atom stereocenters. The minimum Gasteiger partial charge on any atom is -0.294 e. The first kappa shape index (κ1) is 10.3. The van der Waals surface area contributed by atoms with Gasteiger partial charge >= 0.3 is 0 Å². The zero-order valence-electron chi connectivity index (χ0n) is 9.73. The van der Waals surface area contributed by atoms with Crippen LogP contribution in [0, 0.1) is 0 Å². The first-order valence-electron chi connectivity index (χ1n) is 6.40. The fourth-order valence-corrected chi connectivity index (χ4v) is 3.04. The van der Waals surface area contributed by atoms with Crippen LogP contribution in [0.2, 0.25) is 0 Å². The number of fused-ring (bicyclic) bond motifs is 1. The Morgan fingerprint density at radius 1 is 1.12 bits per heavy atom. The summed E-state index contributed by atoms with van der Waals surface area (Å²) in [6.07, 6.45) is 3.94. The number of piperazine rings is 1. The molecular formula is C14H19N2. The summed E-state index contributed by atoms with van der Waals surface area (Å²) in [5, 5.41) is 4.44. The molecule has 1 fully saturated rings. The molecule has 1 aromatic carbocycles. The van der Waals surface area contributed by atoms with Crippen molar-refractivity contribution in [3.8, 4) is 0 Å². The molecule has 16 heavy (non-hydrogen) atoms. The topological polar surface area (TPSA) is 17.3 Å². The van der Waals surface area contributed by atoms with Crippen molar-refractivity contribution in [2.45, 2.75) is 25.3 Å². The molecule has 3 rings (SSSR count). The second kappa shape index (κ2) is 4.56. The Hall–Kier alpha value is -0.860. The smallest absolute Gasteiger partial charge is 0.0352 e. The van der Waals surface area contributed by atoms with Gasteiger partial charge in [-0.3, -0.25) is 4.90 Å². The van der Waals surface area contributed by atoms with Crippen LogP contribution >= 0.6 is 0 Å². The van der Waals surface area contributed by atoms with Gasteiger partial charge in [0.25, 0.3) is 0 Å². The number of rotatable bonds is 1. The SMILES string of the molecule is c1ccc2c(c1)CCCC2N1CC[N]CC1. The van der Waals surface area contributed by atoms with Crippen LogP contribution in [0.4, 0.5) is 0 Å². The number of aryl methyl sites for hydroxylation is 1. The first-order chi connectivity index (χ1) is 7.95. The lowest BCUT2D eigenvalue weighted by Gasteiger charge is -2.37. The minimum atomic E-state index is 0.667. The van der Waals surface area contributed by atoms with Crippen molar-refractivity contribution in [1.29, 1.82) is 0 Å². The highest BCUT2D eigenvalue weighted by atomic mass is 15.2. The van der Waals surface area contributed by atoms with E-state index in [0.717, 1.165) is 26.2 Å². The highest BCUT2D eigenvalue weighted by Gasteiger charge is 2.26. The van der Waals surface area contributed by atoms with Gasteiger partial charge in [0, 0.05) is 32.2 Å². The molecule has 1 radical (unpaired) electrons. The molecule has 2 aliphatic rings. The molecule has 0 spiro atoms. The lowest BCUT2D eigenvalue weighted by Crippen LogP contribution is -2.43. The Kier molecular flexibility index (Phi) is 2.94. The Morgan fingerprint density at radius 2 is 1.94 bits per heavy atom. The third-order valence-corrected chi connectivity index (χ3v) is 3.87. The summed E-state index contributed by atoms with van der Waals surface area (Å²) < 4.78 is 0. The van der Waals surface area contributed by atoms with Crippen molar-refractivity contribution in [2.24, 2.45) is 0 Å². The Morgan fingerprint density at radius 3 is 2.81 bits per heavy atom. The normalized spacial score (nSPS) is 26.4. The van der Waals surface area contributed by atoms with Crippen LogP contribution in [-0.2, 0) is 6.42 Å². The van der Waals surface area contributed by atoms with Gasteiger partial charge in [0.15, 0.2) is 0 Å². The highest BCUT2D eigenvalue weighted by molar-refractivity contribution is 5.32. The van der Waals surface area contributed by atoms with E-state index in [1.807, 2.05) is 0 Å². The van der Waals surface area contributed by atoms with Crippen molar-refractivity contribution in [2.75, 3.05) is 26.2 Å². The summed E-state index contributed by atoms with van der Waals surface area (Å²) in [5.41, 5.74) is 3.15. The molecule has 0 amide bonds. The molecule has 1 saturated heterocycles. The minimum absolute atomic E-state index is 0.667. The maximum atomic E-state index is 4.44. The highest BCUT2D eigenvalue weighted by Crippen LogP contribution is 2.34. The van der Waals surface area contributed by atoms with Crippen LogP contribution in [0.3, 0.4) is 0 Å². The lowest BCUT2D eigenvalue weighted by molar-refractivity contribution is 0.156. The van der Waals surface area contributed by atoms with Crippen molar-refractivity contribution >= 4 is 0 Å². The zero-order valence-corrected chi connectivity index (χ0v) is 9.73. The fourth-order valence-electron chi connectivity index (χ4n) is 3.04. The molecule has 1 aliphatic carbocycles. The van der Waals surface area contributed by atoms with Gasteiger partial charge < -0.3 is 0 Å². The molecule has 0 aromatic heterocycles. The van der Waals surface area contributed by atoms with Gasteiger partial charge in [0.1, 0.15) is 0 Å². The van der Waals surface area contributed by atoms with Gasteiger partial charge in [-0.25, -0.2) is 5.32 Å². The van der Waals surface area contributed by atoms with E-state index in [-0.39, 0.29) is 0 Å². The molecule has 2 nitrogen and oxygen atoms in total. The predicted octanol–water partition coefficient (Wildman–Crippen LogP) is 1.98. The van der Waals surface area contributed by atoms with Crippen molar-refractivity contribution < 1.29 is 0 Å². The van der Waals surface area contributed by atoms with Crippen LogP contribution in [-0.4, -0.2) is 31.1 Å². The average Bonchev–Trinajstić information content (AvgIpc) is 2.39. The quantitative estimate of drug-likeness (QED) is 0.700. The molecule has 0 bridgehead atoms. The van der Waals surface area contributed by atoms with Gasteiger partial charge in [-0.05, 0) is 30.4 Å². The number of hydrogen-bond donors (Lipinski definition) is 0. The third kappa shape index (κ3) is 1.87. The van der Waals surface area contributed by atoms with Gasteiger partial charge in [0.05, 0.1) is 0 Å². The summed E-state index contributed by atoms with van der Waals surface area (Å²) >= 11 is 0. The van der Waals surface area contributed by atoms with Crippen molar-refractivity contribution in [1.82, 2.24) is 10.2 Å². The molecule has 2 heteroatoms. The molecule has 1 atom stereocenters. The van der Waals surface area contributed by atoms with Gasteiger partial charge in [-0.2, -0.15) is 0 Å². The van der Waals surface area contributed by atoms with E-state index >= 15 is 0 Å². The maximum Gasteiger partial charge on any atom is 0.0352 e. The number of nitrogens with zero attached hydrogens (tertiary/aromatic N) is 2. The monoisotopic (exact) mass is 215 g/mol. The summed E-state index contributed by atoms with van der Waals surface area (Å²) in [6, 6.07) is 9.65. The van der Waals surface area contributed by atoms with Gasteiger partial charge in [-0.1, -0.05) is 24.3 Å². The predicted molar refractivity (Wildman–Crippen MR) is 65.6 cm³/mol. The summed E-state index contributed by atoms with van der Waals surface area (Å²) in [6.45, 7) is 4.36. The third-order valence-electron chi connectivity index (χ3n) is 3.87. The van der Waals surface area contributed by atoms with Crippen molar-refractivity contribution in [3.63, 3.8) is 0 Å². The first-order valence-corrected chi connectivity index (χ1v) is 6.40. The summed E-state index contributed by atoms with van der Waals surface area (Å²) in [7, 11) is 0. The molecule has 1 aliphatic heterocycles. The Labute approximate surface area is 97.6 Å². The average molecular weight is 215 g/mol. The van der Waals surface area contributed by atoms with Crippen LogP contribution in [0.15, 0.2) is 24.3 Å². The van der Waals surface area contributed by atoms with E-state index < -0.39 is 0 Å². The fraction of sp³-hybridized carbons (Fsp3) is 0.571. The van der Waals surface area contributed by atoms with E-state index in [0.29, 0.717) is 6.04 Å². The summed E-state index contributed by atoms with van der Waals surface area (Å²) in [4.78, 5) is 2.63. The molecule has 1 heterocycles. The Bertz CT molecular complexity index is 356. The molecule has 85 valence electrons.